The molecule has 86 valence electrons. The van der Waals surface area contributed by atoms with Gasteiger partial charge < -0.3 is 15.4 Å². The van der Waals surface area contributed by atoms with Crippen molar-refractivity contribution in [3.63, 3.8) is 0 Å². The van der Waals surface area contributed by atoms with Gasteiger partial charge in [-0.15, -0.1) is 0 Å². The van der Waals surface area contributed by atoms with E-state index >= 15 is 0 Å². The van der Waals surface area contributed by atoms with Crippen molar-refractivity contribution in [3.8, 4) is 0 Å². The van der Waals surface area contributed by atoms with Gasteiger partial charge in [-0.25, -0.2) is 4.98 Å². The minimum absolute atomic E-state index is 0.233. The first-order valence-electron chi connectivity index (χ1n) is 5.48. The largest absolute Gasteiger partial charge is 0.387 e. The van der Waals surface area contributed by atoms with E-state index in [1.165, 1.54) is 0 Å². The van der Waals surface area contributed by atoms with Crippen LogP contribution < -0.4 is 5.73 Å². The molecule has 3 N–H and O–H groups in total. The van der Waals surface area contributed by atoms with E-state index in [0.29, 0.717) is 6.04 Å². The number of nitrogens with zero attached hydrogens (tertiary/aromatic N) is 2. The molecule has 1 aromatic carbocycles. The molecule has 1 atom stereocenters. The summed E-state index contributed by atoms with van der Waals surface area (Å²) in [6.07, 6.45) is 1.22. The van der Waals surface area contributed by atoms with Gasteiger partial charge in [0.15, 0.2) is 0 Å². The van der Waals surface area contributed by atoms with Gasteiger partial charge in [-0.2, -0.15) is 0 Å². The molecule has 2 aromatic rings. The fraction of sp³-hybridized carbons (Fsp3) is 0.417. The summed E-state index contributed by atoms with van der Waals surface area (Å²) in [5.41, 5.74) is 8.24. The van der Waals surface area contributed by atoms with Crippen LogP contribution in [0.3, 0.4) is 0 Å². The van der Waals surface area contributed by atoms with E-state index in [9.17, 15) is 5.11 Å². The van der Waals surface area contributed by atoms with Crippen LogP contribution in [0.25, 0.3) is 11.0 Å². The van der Waals surface area contributed by atoms with Crippen molar-refractivity contribution in [3.05, 3.63) is 30.1 Å². The minimum Gasteiger partial charge on any atom is -0.387 e. The maximum Gasteiger partial charge on any atom is 0.0960 e. The van der Waals surface area contributed by atoms with Gasteiger partial charge in [0, 0.05) is 12.6 Å². The zero-order chi connectivity index (χ0) is 11.7. The summed E-state index contributed by atoms with van der Waals surface area (Å²) >= 11 is 0. The summed E-state index contributed by atoms with van der Waals surface area (Å²) in [5.74, 6) is 0. The topological polar surface area (TPSA) is 64.1 Å². The second-order valence-electron chi connectivity index (χ2n) is 4.25. The molecule has 16 heavy (non-hydrogen) atoms. The number of hydrogen-bond acceptors (Lipinski definition) is 3. The molecule has 4 heteroatoms. The molecular formula is C12H17N3O. The highest BCUT2D eigenvalue weighted by Crippen LogP contribution is 2.21. The van der Waals surface area contributed by atoms with E-state index in [1.54, 1.807) is 0 Å². The van der Waals surface area contributed by atoms with Crippen LogP contribution in [0.15, 0.2) is 24.5 Å². The van der Waals surface area contributed by atoms with E-state index in [0.717, 1.165) is 16.6 Å². The van der Waals surface area contributed by atoms with Crippen molar-refractivity contribution in [2.45, 2.75) is 26.0 Å². The predicted octanol–water partition coefficient (Wildman–Crippen LogP) is 1.61. The summed E-state index contributed by atoms with van der Waals surface area (Å²) in [5, 5.41) is 9.65. The summed E-state index contributed by atoms with van der Waals surface area (Å²) in [6, 6.07) is 6.16. The van der Waals surface area contributed by atoms with Gasteiger partial charge in [0.1, 0.15) is 0 Å². The molecule has 0 fully saturated rings. The van der Waals surface area contributed by atoms with E-state index in [1.807, 2.05) is 24.5 Å². The number of hydrogen-bond donors (Lipinski definition) is 2. The Morgan fingerprint density at radius 2 is 2.19 bits per heavy atom. The van der Waals surface area contributed by atoms with Crippen LogP contribution in [0, 0.1) is 0 Å². The maximum atomic E-state index is 9.65. The van der Waals surface area contributed by atoms with Crippen molar-refractivity contribution in [2.75, 3.05) is 6.54 Å². The number of rotatable bonds is 3. The molecular weight excluding hydrogens is 202 g/mol. The van der Waals surface area contributed by atoms with E-state index in [4.69, 9.17) is 5.73 Å². The number of aliphatic hydroxyl groups excluding tert-OH is 1. The van der Waals surface area contributed by atoms with Crippen LogP contribution in [0.5, 0.6) is 0 Å². The van der Waals surface area contributed by atoms with Crippen LogP contribution in [-0.2, 0) is 0 Å². The van der Waals surface area contributed by atoms with Gasteiger partial charge in [0.05, 0.1) is 23.5 Å². The SMILES string of the molecule is CC(C)n1cnc2cc(C(O)CN)ccc21. The van der Waals surface area contributed by atoms with Crippen LogP contribution in [0.1, 0.15) is 31.6 Å². The number of imidazole rings is 1. The van der Waals surface area contributed by atoms with Gasteiger partial charge in [-0.1, -0.05) is 6.07 Å². The fourth-order valence-electron chi connectivity index (χ4n) is 1.80. The molecule has 0 aliphatic rings. The molecule has 1 aromatic heterocycles. The lowest BCUT2D eigenvalue weighted by molar-refractivity contribution is 0.187. The average Bonchev–Trinajstić information content (AvgIpc) is 2.70. The predicted molar refractivity (Wildman–Crippen MR) is 64.1 cm³/mol. The van der Waals surface area contributed by atoms with Gasteiger partial charge in [0.25, 0.3) is 0 Å². The molecule has 0 spiro atoms. The zero-order valence-electron chi connectivity index (χ0n) is 9.59. The van der Waals surface area contributed by atoms with E-state index in [2.05, 4.69) is 23.4 Å². The molecule has 1 heterocycles. The molecule has 0 aliphatic carbocycles. The van der Waals surface area contributed by atoms with E-state index < -0.39 is 6.10 Å². The van der Waals surface area contributed by atoms with Gasteiger partial charge in [0.2, 0.25) is 0 Å². The Kier molecular flexibility index (Phi) is 2.94. The Bertz CT molecular complexity index is 490. The van der Waals surface area contributed by atoms with Crippen LogP contribution >= 0.6 is 0 Å². The highest BCUT2D eigenvalue weighted by atomic mass is 16.3. The zero-order valence-corrected chi connectivity index (χ0v) is 9.59. The third-order valence-corrected chi connectivity index (χ3v) is 2.76. The monoisotopic (exact) mass is 219 g/mol. The number of aliphatic hydroxyl groups is 1. The molecule has 0 aliphatic heterocycles. The smallest absolute Gasteiger partial charge is 0.0960 e. The summed E-state index contributed by atoms with van der Waals surface area (Å²) in [7, 11) is 0. The molecule has 1 unspecified atom stereocenters. The number of benzene rings is 1. The fourth-order valence-corrected chi connectivity index (χ4v) is 1.80. The first-order valence-corrected chi connectivity index (χ1v) is 5.48. The Hall–Kier alpha value is -1.39. The quantitative estimate of drug-likeness (QED) is 0.824. The van der Waals surface area contributed by atoms with E-state index in [-0.39, 0.29) is 6.54 Å². The summed E-state index contributed by atoms with van der Waals surface area (Å²) < 4.78 is 2.11. The standard InChI is InChI=1S/C12H17N3O/c1-8(2)15-7-14-10-5-9(12(16)6-13)3-4-11(10)15/h3-5,7-8,12,16H,6,13H2,1-2H3. The Morgan fingerprint density at radius 3 is 2.81 bits per heavy atom. The van der Waals surface area contributed by atoms with Gasteiger partial charge >= 0.3 is 0 Å². The Morgan fingerprint density at radius 1 is 1.44 bits per heavy atom. The van der Waals surface area contributed by atoms with Crippen molar-refractivity contribution in [2.24, 2.45) is 5.73 Å². The number of nitrogens with two attached hydrogens (primary N) is 1. The summed E-state index contributed by atoms with van der Waals surface area (Å²) in [6.45, 7) is 4.46. The molecule has 4 nitrogen and oxygen atoms in total. The van der Waals surface area contributed by atoms with Crippen LogP contribution in [0.4, 0.5) is 0 Å². The molecule has 0 amide bonds. The highest BCUT2D eigenvalue weighted by molar-refractivity contribution is 5.76. The summed E-state index contributed by atoms with van der Waals surface area (Å²) in [4.78, 5) is 4.33. The molecule has 0 radical (unpaired) electrons. The first-order chi connectivity index (χ1) is 7.63. The number of aromatic nitrogens is 2. The van der Waals surface area contributed by atoms with Crippen molar-refractivity contribution < 1.29 is 5.11 Å². The minimum atomic E-state index is -0.603. The van der Waals surface area contributed by atoms with Gasteiger partial charge in [-0.05, 0) is 31.5 Å². The lowest BCUT2D eigenvalue weighted by atomic mass is 10.1. The Labute approximate surface area is 94.7 Å². The Balaban J connectivity index is 2.49. The number of fused-ring (bicyclic) bond motifs is 1. The highest BCUT2D eigenvalue weighted by Gasteiger charge is 2.09. The van der Waals surface area contributed by atoms with Crippen molar-refractivity contribution >= 4 is 11.0 Å². The first kappa shape index (κ1) is 11.1. The maximum absolute atomic E-state index is 9.65. The third-order valence-electron chi connectivity index (χ3n) is 2.76. The molecule has 2 rings (SSSR count). The van der Waals surface area contributed by atoms with Crippen molar-refractivity contribution in [1.29, 1.82) is 0 Å². The lowest BCUT2D eigenvalue weighted by Crippen LogP contribution is -2.11. The molecule has 0 bridgehead atoms. The molecule has 0 saturated carbocycles. The average molecular weight is 219 g/mol. The third kappa shape index (κ3) is 1.81. The van der Waals surface area contributed by atoms with Crippen LogP contribution in [0.2, 0.25) is 0 Å². The van der Waals surface area contributed by atoms with Crippen LogP contribution in [-0.4, -0.2) is 21.2 Å². The van der Waals surface area contributed by atoms with Crippen molar-refractivity contribution in [1.82, 2.24) is 9.55 Å². The second-order valence-corrected chi connectivity index (χ2v) is 4.25. The second kappa shape index (κ2) is 4.23. The lowest BCUT2D eigenvalue weighted by Gasteiger charge is -2.10. The van der Waals surface area contributed by atoms with Gasteiger partial charge in [-0.3, -0.25) is 0 Å². The normalized spacial score (nSPS) is 13.6. The molecule has 0 saturated heterocycles.